The molecule has 4 N–H and O–H groups in total. The largest absolute Gasteiger partial charge is 0.535 e. The van der Waals surface area contributed by atoms with Crippen LogP contribution >= 0.6 is 0 Å². The fourth-order valence-corrected chi connectivity index (χ4v) is 3.67. The van der Waals surface area contributed by atoms with E-state index in [4.69, 9.17) is 15.1 Å². The number of benzene rings is 1. The van der Waals surface area contributed by atoms with E-state index in [9.17, 15) is 24.5 Å². The number of nitrogens with two attached hydrogens (primary N) is 1. The summed E-state index contributed by atoms with van der Waals surface area (Å²) in [4.78, 5) is 37.8. The fraction of sp³-hybridized carbons (Fsp3) is 0.550. The molecule has 0 aromatic heterocycles. The van der Waals surface area contributed by atoms with Gasteiger partial charge < -0.3 is 30.2 Å². The van der Waals surface area contributed by atoms with Crippen molar-refractivity contribution >= 4 is 24.8 Å². The van der Waals surface area contributed by atoms with E-state index in [0.29, 0.717) is 37.8 Å². The van der Waals surface area contributed by atoms with Crippen LogP contribution in [-0.4, -0.2) is 65.0 Å². The third kappa shape index (κ3) is 4.60. The number of aromatic carboxylic acids is 1. The molecule has 30 heavy (non-hydrogen) atoms. The van der Waals surface area contributed by atoms with Crippen molar-refractivity contribution in [2.24, 2.45) is 11.7 Å². The topological polar surface area (TPSA) is 139 Å². The Balaban J connectivity index is 1.61. The summed E-state index contributed by atoms with van der Waals surface area (Å²) in [6.07, 6.45) is 1.19. The van der Waals surface area contributed by atoms with Gasteiger partial charge in [-0.25, -0.2) is 4.79 Å². The number of ether oxygens (including phenoxy) is 1. The van der Waals surface area contributed by atoms with Gasteiger partial charge in [-0.1, -0.05) is 19.9 Å². The molecule has 10 heteroatoms. The average Bonchev–Trinajstić information content (AvgIpc) is 2.68. The van der Waals surface area contributed by atoms with Gasteiger partial charge in [0.1, 0.15) is 28.9 Å². The number of carboxylic acids is 1. The molecule has 0 unspecified atom stereocenters. The van der Waals surface area contributed by atoms with Gasteiger partial charge in [0.2, 0.25) is 5.91 Å². The van der Waals surface area contributed by atoms with E-state index in [1.165, 1.54) is 0 Å². The Morgan fingerprint density at radius 2 is 2.07 bits per heavy atom. The number of amides is 1. The van der Waals surface area contributed by atoms with Crippen molar-refractivity contribution in [1.82, 2.24) is 4.90 Å². The number of carboxylic acid groups (broad SMARTS) is 1. The fourth-order valence-electron chi connectivity index (χ4n) is 3.67. The van der Waals surface area contributed by atoms with Crippen LogP contribution in [0, 0.1) is 5.92 Å². The van der Waals surface area contributed by atoms with E-state index in [1.54, 1.807) is 24.0 Å². The molecule has 2 aliphatic heterocycles. The Morgan fingerprint density at radius 1 is 1.37 bits per heavy atom. The molecule has 2 aliphatic rings. The van der Waals surface area contributed by atoms with Crippen LogP contribution in [0.4, 0.5) is 0 Å². The quantitative estimate of drug-likeness (QED) is 0.525. The van der Waals surface area contributed by atoms with Crippen molar-refractivity contribution < 1.29 is 33.9 Å². The van der Waals surface area contributed by atoms with Crippen LogP contribution in [0.2, 0.25) is 6.32 Å². The number of ketones is 1. The molecule has 1 aromatic carbocycles. The highest BCUT2D eigenvalue weighted by Crippen LogP contribution is 2.37. The highest BCUT2D eigenvalue weighted by molar-refractivity contribution is 6.44. The number of nitrogens with zero attached hydrogens (tertiary/aromatic N) is 1. The lowest BCUT2D eigenvalue weighted by molar-refractivity contribution is -0.145. The molecule has 1 saturated heterocycles. The highest BCUT2D eigenvalue weighted by Gasteiger charge is 2.37. The number of Topliss-reactive ketones (excluding diaryl/α,β-unsaturated/α-hetero) is 1. The summed E-state index contributed by atoms with van der Waals surface area (Å²) in [5.74, 6) is -1.68. The first-order chi connectivity index (χ1) is 14.2. The zero-order valence-electron chi connectivity index (χ0n) is 17.2. The van der Waals surface area contributed by atoms with Gasteiger partial charge in [0.25, 0.3) is 0 Å². The number of likely N-dealkylation sites (tertiary alicyclic amines) is 1. The number of hydrogen-bond donors (Lipinski definition) is 3. The smallest absolute Gasteiger partial charge is 0.522 e. The predicted octanol–water partition coefficient (Wildman–Crippen LogP) is 0.722. The van der Waals surface area contributed by atoms with E-state index >= 15 is 0 Å². The van der Waals surface area contributed by atoms with Crippen molar-refractivity contribution in [3.63, 3.8) is 0 Å². The summed E-state index contributed by atoms with van der Waals surface area (Å²) in [5, 5.41) is 19.3. The second-order valence-corrected chi connectivity index (χ2v) is 7.91. The van der Waals surface area contributed by atoms with Crippen molar-refractivity contribution in [3.8, 4) is 11.5 Å². The van der Waals surface area contributed by atoms with Crippen LogP contribution in [0.15, 0.2) is 12.1 Å². The minimum atomic E-state index is -1.21. The van der Waals surface area contributed by atoms with Crippen molar-refractivity contribution in [1.29, 1.82) is 0 Å². The lowest BCUT2D eigenvalue weighted by atomic mass is 9.78. The van der Waals surface area contributed by atoms with Gasteiger partial charge in [0.15, 0.2) is 0 Å². The molecule has 1 aromatic rings. The third-order valence-corrected chi connectivity index (χ3v) is 5.57. The lowest BCUT2D eigenvalue weighted by Crippen LogP contribution is -2.57. The van der Waals surface area contributed by atoms with Crippen molar-refractivity contribution in [2.45, 2.75) is 51.6 Å². The molecular formula is C20H27BN2O7. The van der Waals surface area contributed by atoms with Crippen molar-refractivity contribution in [3.05, 3.63) is 23.3 Å². The van der Waals surface area contributed by atoms with Crippen LogP contribution in [0.1, 0.15) is 42.6 Å². The summed E-state index contributed by atoms with van der Waals surface area (Å²) >= 11 is 0. The molecule has 0 spiro atoms. The van der Waals surface area contributed by atoms with Gasteiger partial charge in [-0.2, -0.15) is 0 Å². The van der Waals surface area contributed by atoms with Crippen LogP contribution in [0.25, 0.3) is 0 Å². The van der Waals surface area contributed by atoms with Crippen LogP contribution in [0.3, 0.4) is 0 Å². The molecule has 0 bridgehead atoms. The van der Waals surface area contributed by atoms with E-state index < -0.39 is 25.0 Å². The normalized spacial score (nSPS) is 18.0. The maximum atomic E-state index is 12.5. The molecule has 2 heterocycles. The molecule has 9 nitrogen and oxygen atoms in total. The monoisotopic (exact) mass is 418 g/mol. The van der Waals surface area contributed by atoms with Gasteiger partial charge in [0, 0.05) is 12.3 Å². The minimum Gasteiger partial charge on any atom is -0.535 e. The number of rotatable bonds is 8. The van der Waals surface area contributed by atoms with E-state index in [1.807, 2.05) is 6.92 Å². The Bertz CT molecular complexity index is 841. The van der Waals surface area contributed by atoms with Crippen LogP contribution in [0.5, 0.6) is 11.5 Å². The predicted molar refractivity (Wildman–Crippen MR) is 109 cm³/mol. The van der Waals surface area contributed by atoms with Crippen molar-refractivity contribution in [2.75, 3.05) is 13.1 Å². The third-order valence-electron chi connectivity index (χ3n) is 5.57. The van der Waals surface area contributed by atoms with Gasteiger partial charge in [-0.3, -0.25) is 9.59 Å². The summed E-state index contributed by atoms with van der Waals surface area (Å²) in [5.41, 5.74) is 6.31. The van der Waals surface area contributed by atoms with E-state index in [2.05, 4.69) is 0 Å². The summed E-state index contributed by atoms with van der Waals surface area (Å²) in [6, 6.07) is 2.77. The Morgan fingerprint density at radius 3 is 2.70 bits per heavy atom. The van der Waals surface area contributed by atoms with E-state index in [-0.39, 0.29) is 41.3 Å². The second-order valence-electron chi connectivity index (χ2n) is 7.91. The van der Waals surface area contributed by atoms with Crippen LogP contribution in [-0.2, 0) is 16.0 Å². The van der Waals surface area contributed by atoms with Gasteiger partial charge >= 0.3 is 13.1 Å². The number of carbonyl (C=O) groups is 3. The molecule has 1 fully saturated rings. The standard InChI is InChI=1S/C20H27BN2O7/c1-3-14(22)15(24)8-11(2)19(25)23-9-13(10-23)29-16-5-4-12-6-7-21(28)30-18(12)17(16)20(26)27/h4-5,11,13-14,28H,3,6-10,22H2,1-2H3,(H,26,27)/t11-,14+/m0/s1. The minimum absolute atomic E-state index is 0.101. The summed E-state index contributed by atoms with van der Waals surface area (Å²) < 4.78 is 11.2. The molecular weight excluding hydrogens is 391 g/mol. The number of carbonyl (C=O) groups excluding carboxylic acids is 2. The maximum absolute atomic E-state index is 12.5. The Labute approximate surface area is 175 Å². The Kier molecular flexibility index (Phi) is 6.67. The molecule has 1 amide bonds. The molecule has 2 atom stereocenters. The molecule has 3 rings (SSSR count). The molecule has 0 saturated carbocycles. The SMILES string of the molecule is CC[C@@H](N)C(=O)C[C@H](C)C(=O)N1CC(Oc2ccc3c(c2C(=O)O)OB(O)CC3)C1. The Hall–Kier alpha value is -2.59. The molecule has 0 radical (unpaired) electrons. The first-order valence-electron chi connectivity index (χ1n) is 10.2. The number of aryl methyl sites for hydroxylation is 1. The second kappa shape index (κ2) is 9.05. The summed E-state index contributed by atoms with van der Waals surface area (Å²) in [7, 11) is -1.05. The van der Waals surface area contributed by atoms with Gasteiger partial charge in [-0.05, 0) is 30.8 Å². The van der Waals surface area contributed by atoms with Gasteiger partial charge in [-0.15, -0.1) is 0 Å². The average molecular weight is 418 g/mol. The zero-order valence-corrected chi connectivity index (χ0v) is 17.2. The highest BCUT2D eigenvalue weighted by atomic mass is 16.5. The van der Waals surface area contributed by atoms with Gasteiger partial charge in [0.05, 0.1) is 19.1 Å². The zero-order chi connectivity index (χ0) is 22.0. The lowest BCUT2D eigenvalue weighted by Gasteiger charge is -2.40. The van der Waals surface area contributed by atoms with E-state index in [0.717, 1.165) is 0 Å². The van der Waals surface area contributed by atoms with Crippen LogP contribution < -0.4 is 15.1 Å². The first kappa shape index (κ1) is 22.1. The number of fused-ring (bicyclic) bond motifs is 1. The first-order valence-corrected chi connectivity index (χ1v) is 10.2. The molecule has 162 valence electrons. The number of hydrogen-bond acceptors (Lipinski definition) is 7. The summed E-state index contributed by atoms with van der Waals surface area (Å²) in [6.45, 7) is 4.13. The molecule has 0 aliphatic carbocycles. The maximum Gasteiger partial charge on any atom is 0.522 e.